The smallest absolute Gasteiger partial charge is 0.335 e. The van der Waals surface area contributed by atoms with Crippen molar-refractivity contribution < 1.29 is 27.9 Å². The van der Waals surface area contributed by atoms with Gasteiger partial charge < -0.3 is 9.84 Å². The summed E-state index contributed by atoms with van der Waals surface area (Å²) in [6, 6.07) is 10.4. The van der Waals surface area contributed by atoms with Crippen LogP contribution in [0.1, 0.15) is 24.5 Å². The van der Waals surface area contributed by atoms with Gasteiger partial charge in [0.25, 0.3) is 0 Å². The van der Waals surface area contributed by atoms with Crippen LogP contribution in [0.2, 0.25) is 10.0 Å². The van der Waals surface area contributed by atoms with Crippen molar-refractivity contribution in [3.05, 3.63) is 69.2 Å². The third-order valence-corrected chi connectivity index (χ3v) is 5.80. The number of esters is 1. The number of benzene rings is 2. The molecule has 29 heavy (non-hydrogen) atoms. The average molecular weight is 457 g/mol. The van der Waals surface area contributed by atoms with Crippen LogP contribution in [0.4, 0.5) is 0 Å². The normalized spacial score (nSPS) is 12.3. The maximum atomic E-state index is 12.5. The summed E-state index contributed by atoms with van der Waals surface area (Å²) in [7, 11) is -3.43. The highest BCUT2D eigenvalue weighted by molar-refractivity contribution is 7.90. The Hall–Kier alpha value is -2.35. The van der Waals surface area contributed by atoms with Crippen molar-refractivity contribution in [2.75, 3.05) is 12.9 Å². The Labute approximate surface area is 178 Å². The Morgan fingerprint density at radius 2 is 1.59 bits per heavy atom. The number of hydrogen-bond acceptors (Lipinski definition) is 5. The fourth-order valence-corrected chi connectivity index (χ4v) is 3.60. The molecule has 0 aromatic heterocycles. The van der Waals surface area contributed by atoms with Crippen molar-refractivity contribution in [2.24, 2.45) is 0 Å². The molecule has 0 atom stereocenters. The van der Waals surface area contributed by atoms with Gasteiger partial charge in [-0.05, 0) is 47.9 Å². The number of hydrogen-bond donors (Lipinski definition) is 1. The molecule has 154 valence electrons. The van der Waals surface area contributed by atoms with E-state index in [-0.39, 0.29) is 32.7 Å². The van der Waals surface area contributed by atoms with E-state index in [1.54, 1.807) is 13.0 Å². The van der Waals surface area contributed by atoms with E-state index in [0.717, 1.165) is 6.26 Å². The second-order valence-corrected chi connectivity index (χ2v) is 8.90. The van der Waals surface area contributed by atoms with Crippen molar-refractivity contribution in [2.45, 2.75) is 18.2 Å². The summed E-state index contributed by atoms with van der Waals surface area (Å²) < 4.78 is 28.5. The molecule has 0 bridgehead atoms. The van der Waals surface area contributed by atoms with Gasteiger partial charge >= 0.3 is 11.9 Å². The largest absolute Gasteiger partial charge is 0.481 e. The molecular weight excluding hydrogens is 439 g/mol. The predicted molar refractivity (Wildman–Crippen MR) is 111 cm³/mol. The minimum Gasteiger partial charge on any atom is -0.481 e. The summed E-state index contributed by atoms with van der Waals surface area (Å²) in [5, 5.41) is 9.83. The number of halogens is 2. The van der Waals surface area contributed by atoms with Gasteiger partial charge in [0.1, 0.15) is 0 Å². The lowest BCUT2D eigenvalue weighted by molar-refractivity contribution is -0.142. The quantitative estimate of drug-likeness (QED) is 0.494. The Bertz CT molecular complexity index is 1070. The fraction of sp³-hybridized carbons (Fsp3) is 0.200. The molecule has 0 unspecified atom stereocenters. The number of aliphatic carboxylic acids is 1. The van der Waals surface area contributed by atoms with Crippen LogP contribution in [0.5, 0.6) is 0 Å². The van der Waals surface area contributed by atoms with Gasteiger partial charge in [-0.2, -0.15) is 0 Å². The highest BCUT2D eigenvalue weighted by atomic mass is 35.5. The lowest BCUT2D eigenvalue weighted by Gasteiger charge is -2.16. The van der Waals surface area contributed by atoms with E-state index in [0.29, 0.717) is 11.1 Å². The molecule has 0 amide bonds. The van der Waals surface area contributed by atoms with Crippen LogP contribution in [0.25, 0.3) is 5.57 Å². The molecular formula is C20H18Cl2O6S. The molecule has 0 saturated carbocycles. The van der Waals surface area contributed by atoms with Gasteiger partial charge in [0, 0.05) is 6.26 Å². The Balaban J connectivity index is 2.80. The van der Waals surface area contributed by atoms with Crippen molar-refractivity contribution in [1.82, 2.24) is 0 Å². The zero-order valence-electron chi connectivity index (χ0n) is 15.6. The van der Waals surface area contributed by atoms with Crippen molar-refractivity contribution in [3.8, 4) is 0 Å². The standard InChI is InChI=1S/C20H18Cl2O6S/c1-3-28-20(25)15(11-18(23)24)19(13-6-9-16(21)17(22)10-13)12-4-7-14(8-5-12)29(2,26)27/h4-10H,3,11H2,1-2H3,(H,23,24). The van der Waals surface area contributed by atoms with Gasteiger partial charge in [-0.3, -0.25) is 4.79 Å². The molecule has 0 heterocycles. The number of ether oxygens (including phenoxy) is 1. The third kappa shape index (κ3) is 5.82. The van der Waals surface area contributed by atoms with Crippen molar-refractivity contribution in [1.29, 1.82) is 0 Å². The summed E-state index contributed by atoms with van der Waals surface area (Å²) in [5.74, 6) is -2.01. The monoisotopic (exact) mass is 456 g/mol. The van der Waals surface area contributed by atoms with E-state index in [2.05, 4.69) is 0 Å². The topological polar surface area (TPSA) is 97.7 Å². The van der Waals surface area contributed by atoms with Gasteiger partial charge in [0.2, 0.25) is 0 Å². The number of sulfone groups is 1. The first-order chi connectivity index (χ1) is 13.5. The molecule has 0 aliphatic heterocycles. The van der Waals surface area contributed by atoms with E-state index in [1.165, 1.54) is 36.4 Å². The minimum atomic E-state index is -3.43. The van der Waals surface area contributed by atoms with Crippen LogP contribution in [-0.4, -0.2) is 38.3 Å². The molecule has 2 aromatic carbocycles. The molecule has 0 spiro atoms. The molecule has 6 nitrogen and oxygen atoms in total. The highest BCUT2D eigenvalue weighted by Crippen LogP contribution is 2.33. The molecule has 2 aromatic rings. The van der Waals surface area contributed by atoms with Gasteiger partial charge in [-0.25, -0.2) is 13.2 Å². The molecule has 0 radical (unpaired) electrons. The summed E-state index contributed by atoms with van der Waals surface area (Å²) in [4.78, 5) is 24.1. The predicted octanol–water partition coefficient (Wildman–Crippen LogP) is 4.24. The molecule has 0 fully saturated rings. The van der Waals surface area contributed by atoms with Crippen LogP contribution in [0.15, 0.2) is 52.9 Å². The molecule has 0 aliphatic rings. The van der Waals surface area contributed by atoms with Crippen LogP contribution in [0.3, 0.4) is 0 Å². The summed E-state index contributed by atoms with van der Waals surface area (Å²) in [6.45, 7) is 1.67. The van der Waals surface area contributed by atoms with E-state index >= 15 is 0 Å². The second kappa shape index (κ2) is 9.43. The second-order valence-electron chi connectivity index (χ2n) is 6.07. The SMILES string of the molecule is CCOC(=O)C(CC(=O)O)=C(c1ccc(S(C)(=O)=O)cc1)c1ccc(Cl)c(Cl)c1. The first kappa shape index (κ1) is 22.9. The average Bonchev–Trinajstić information content (AvgIpc) is 2.63. The number of carboxylic acids is 1. The van der Waals surface area contributed by atoms with Gasteiger partial charge in [-0.1, -0.05) is 41.4 Å². The van der Waals surface area contributed by atoms with Crippen LogP contribution < -0.4 is 0 Å². The highest BCUT2D eigenvalue weighted by Gasteiger charge is 2.23. The van der Waals surface area contributed by atoms with Gasteiger partial charge in [0.15, 0.2) is 9.84 Å². The van der Waals surface area contributed by atoms with Gasteiger partial charge in [0.05, 0.1) is 33.5 Å². The lowest BCUT2D eigenvalue weighted by Crippen LogP contribution is -2.14. The fourth-order valence-electron chi connectivity index (χ4n) is 2.67. The van der Waals surface area contributed by atoms with Crippen LogP contribution in [-0.2, 0) is 24.2 Å². The Kier molecular flexibility index (Phi) is 7.46. The lowest BCUT2D eigenvalue weighted by atomic mass is 9.91. The zero-order valence-corrected chi connectivity index (χ0v) is 17.9. The number of carbonyl (C=O) groups is 2. The summed E-state index contributed by atoms with van der Waals surface area (Å²) >= 11 is 12.1. The molecule has 0 saturated heterocycles. The van der Waals surface area contributed by atoms with Crippen LogP contribution in [0, 0.1) is 0 Å². The first-order valence-electron chi connectivity index (χ1n) is 8.42. The maximum absolute atomic E-state index is 12.5. The number of carboxylic acid groups (broad SMARTS) is 1. The van der Waals surface area contributed by atoms with Crippen molar-refractivity contribution in [3.63, 3.8) is 0 Å². The van der Waals surface area contributed by atoms with Crippen LogP contribution >= 0.6 is 23.2 Å². The molecule has 1 N–H and O–H groups in total. The molecule has 0 aliphatic carbocycles. The minimum absolute atomic E-state index is 0.0591. The Morgan fingerprint density at radius 1 is 1.00 bits per heavy atom. The van der Waals surface area contributed by atoms with Crippen molar-refractivity contribution >= 4 is 50.6 Å². The van der Waals surface area contributed by atoms with E-state index in [4.69, 9.17) is 27.9 Å². The van der Waals surface area contributed by atoms with Gasteiger partial charge in [-0.15, -0.1) is 0 Å². The number of carbonyl (C=O) groups excluding carboxylic acids is 1. The Morgan fingerprint density at radius 3 is 2.07 bits per heavy atom. The number of rotatable bonds is 7. The third-order valence-electron chi connectivity index (χ3n) is 3.93. The summed E-state index contributed by atoms with van der Waals surface area (Å²) in [6.07, 6.45) is 0.481. The van der Waals surface area contributed by atoms with E-state index < -0.39 is 28.2 Å². The van der Waals surface area contributed by atoms with E-state index in [1.807, 2.05) is 0 Å². The molecule has 2 rings (SSSR count). The molecule has 9 heteroatoms. The first-order valence-corrected chi connectivity index (χ1v) is 11.1. The van der Waals surface area contributed by atoms with E-state index in [9.17, 15) is 23.1 Å². The maximum Gasteiger partial charge on any atom is 0.335 e. The summed E-state index contributed by atoms with van der Waals surface area (Å²) in [5.41, 5.74) is 1.05. The zero-order chi connectivity index (χ0) is 21.8.